The first-order chi connectivity index (χ1) is 8.70. The fourth-order valence-corrected chi connectivity index (χ4v) is 2.78. The van der Waals surface area contributed by atoms with E-state index in [1.54, 1.807) is 0 Å². The van der Waals surface area contributed by atoms with Crippen LogP contribution in [0.2, 0.25) is 10.0 Å². The first kappa shape index (κ1) is 12.0. The number of benzene rings is 1. The Hall–Kier alpha value is -1.06. The van der Waals surface area contributed by atoms with Crippen LogP contribution in [0.15, 0.2) is 18.2 Å². The lowest BCUT2D eigenvalue weighted by molar-refractivity contribution is 0.534. The molecule has 3 rings (SSSR count). The molecule has 1 unspecified atom stereocenters. The minimum Gasteiger partial charge on any atom is -0.242 e. The molecule has 1 atom stereocenters. The van der Waals surface area contributed by atoms with E-state index in [2.05, 4.69) is 17.2 Å². The monoisotopic (exact) mass is 280 g/mol. The van der Waals surface area contributed by atoms with Crippen LogP contribution < -0.4 is 0 Å². The molecule has 2 aromatic rings. The molecule has 0 bridgehead atoms. The highest BCUT2D eigenvalue weighted by molar-refractivity contribution is 6.42. The smallest absolute Gasteiger partial charge is 0.0859 e. The number of fused-ring (bicyclic) bond motifs is 1. The van der Waals surface area contributed by atoms with Crippen molar-refractivity contribution >= 4 is 23.2 Å². The van der Waals surface area contributed by atoms with Crippen LogP contribution in [0.4, 0.5) is 0 Å². The Morgan fingerprint density at radius 1 is 1.33 bits per heavy atom. The van der Waals surface area contributed by atoms with Gasteiger partial charge >= 0.3 is 0 Å². The SMILES string of the molecule is [CH2]Cc1nnn2c1CCC2c1ccc(Cl)c(Cl)c1. The van der Waals surface area contributed by atoms with Gasteiger partial charge < -0.3 is 0 Å². The van der Waals surface area contributed by atoms with Crippen LogP contribution in [0.3, 0.4) is 0 Å². The second kappa shape index (κ2) is 4.56. The zero-order valence-electron chi connectivity index (χ0n) is 9.74. The maximum Gasteiger partial charge on any atom is 0.0859 e. The van der Waals surface area contributed by atoms with Gasteiger partial charge in [-0.05, 0) is 43.9 Å². The summed E-state index contributed by atoms with van der Waals surface area (Å²) in [4.78, 5) is 0. The van der Waals surface area contributed by atoms with Crippen LogP contribution in [-0.4, -0.2) is 15.0 Å². The average molecular weight is 281 g/mol. The topological polar surface area (TPSA) is 30.7 Å². The van der Waals surface area contributed by atoms with Gasteiger partial charge in [0.1, 0.15) is 0 Å². The fraction of sp³-hybridized carbons (Fsp3) is 0.308. The van der Waals surface area contributed by atoms with Gasteiger partial charge in [0, 0.05) is 0 Å². The van der Waals surface area contributed by atoms with Crippen molar-refractivity contribution in [3.63, 3.8) is 0 Å². The van der Waals surface area contributed by atoms with Gasteiger partial charge in [0.25, 0.3) is 0 Å². The fourth-order valence-electron chi connectivity index (χ4n) is 2.47. The zero-order valence-corrected chi connectivity index (χ0v) is 11.2. The van der Waals surface area contributed by atoms with E-state index in [1.807, 2.05) is 22.9 Å². The predicted molar refractivity (Wildman–Crippen MR) is 72.0 cm³/mol. The summed E-state index contributed by atoms with van der Waals surface area (Å²) >= 11 is 12.0. The molecular formula is C13H12Cl2N3. The molecule has 1 aromatic heterocycles. The lowest BCUT2D eigenvalue weighted by Gasteiger charge is -2.12. The van der Waals surface area contributed by atoms with Crippen LogP contribution in [-0.2, 0) is 12.8 Å². The number of hydrogen-bond donors (Lipinski definition) is 0. The van der Waals surface area contributed by atoms with Crippen LogP contribution >= 0.6 is 23.2 Å². The first-order valence-electron chi connectivity index (χ1n) is 5.88. The number of halogens is 2. The van der Waals surface area contributed by atoms with Crippen molar-refractivity contribution in [1.82, 2.24) is 15.0 Å². The van der Waals surface area contributed by atoms with Gasteiger partial charge in [0.15, 0.2) is 0 Å². The molecule has 0 spiro atoms. The Morgan fingerprint density at radius 3 is 2.89 bits per heavy atom. The highest BCUT2D eigenvalue weighted by Crippen LogP contribution is 2.34. The van der Waals surface area contributed by atoms with Crippen molar-refractivity contribution in [3.8, 4) is 0 Å². The molecule has 2 heterocycles. The Bertz CT molecular complexity index is 592. The Labute approximate surface area is 116 Å². The molecule has 0 amide bonds. The van der Waals surface area contributed by atoms with Crippen LogP contribution in [0.5, 0.6) is 0 Å². The number of aromatic nitrogens is 3. The largest absolute Gasteiger partial charge is 0.242 e. The molecule has 0 N–H and O–H groups in total. The van der Waals surface area contributed by atoms with E-state index < -0.39 is 0 Å². The van der Waals surface area contributed by atoms with Gasteiger partial charge in [-0.1, -0.05) is 34.5 Å². The first-order valence-corrected chi connectivity index (χ1v) is 6.63. The van der Waals surface area contributed by atoms with E-state index in [0.29, 0.717) is 16.5 Å². The minimum atomic E-state index is 0.211. The number of hydrogen-bond acceptors (Lipinski definition) is 2. The molecule has 0 aliphatic carbocycles. The van der Waals surface area contributed by atoms with Crippen molar-refractivity contribution < 1.29 is 0 Å². The third-order valence-corrected chi connectivity index (χ3v) is 4.13. The van der Waals surface area contributed by atoms with Gasteiger partial charge in [0.2, 0.25) is 0 Å². The third-order valence-electron chi connectivity index (χ3n) is 3.39. The molecule has 18 heavy (non-hydrogen) atoms. The standard InChI is InChI=1S/C13H12Cl2N3/c1-2-11-13-6-5-12(18(13)17-16-11)8-3-4-9(14)10(15)7-8/h3-4,7,12H,1-2,5-6H2. The second-order valence-electron chi connectivity index (χ2n) is 4.41. The molecule has 5 heteroatoms. The Balaban J connectivity index is 2.00. The molecule has 3 nitrogen and oxygen atoms in total. The Morgan fingerprint density at radius 2 is 2.17 bits per heavy atom. The van der Waals surface area contributed by atoms with Crippen LogP contribution in [0.1, 0.15) is 29.4 Å². The van der Waals surface area contributed by atoms with E-state index in [9.17, 15) is 0 Å². The normalized spacial score (nSPS) is 18.1. The van der Waals surface area contributed by atoms with Gasteiger partial charge in [-0.2, -0.15) is 0 Å². The van der Waals surface area contributed by atoms with Gasteiger partial charge in [-0.3, -0.25) is 0 Å². The molecule has 1 radical (unpaired) electrons. The zero-order chi connectivity index (χ0) is 12.7. The summed E-state index contributed by atoms with van der Waals surface area (Å²) < 4.78 is 1.99. The van der Waals surface area contributed by atoms with E-state index in [4.69, 9.17) is 23.2 Å². The average Bonchev–Trinajstić information content (AvgIpc) is 2.93. The molecule has 1 aromatic carbocycles. The molecule has 0 saturated carbocycles. The van der Waals surface area contributed by atoms with Crippen molar-refractivity contribution in [2.75, 3.05) is 0 Å². The van der Waals surface area contributed by atoms with Crippen molar-refractivity contribution in [2.45, 2.75) is 25.3 Å². The molecule has 0 fully saturated rings. The summed E-state index contributed by atoms with van der Waals surface area (Å²) in [7, 11) is 0. The van der Waals surface area contributed by atoms with Gasteiger partial charge in [0.05, 0.1) is 27.5 Å². The lowest BCUT2D eigenvalue weighted by atomic mass is 10.0. The summed E-state index contributed by atoms with van der Waals surface area (Å²) in [5.74, 6) is 0. The summed E-state index contributed by atoms with van der Waals surface area (Å²) in [5, 5.41) is 9.55. The third kappa shape index (κ3) is 1.82. The maximum atomic E-state index is 6.06. The number of nitrogens with zero attached hydrogens (tertiary/aromatic N) is 3. The van der Waals surface area contributed by atoms with E-state index in [0.717, 1.165) is 24.1 Å². The highest BCUT2D eigenvalue weighted by atomic mass is 35.5. The van der Waals surface area contributed by atoms with Gasteiger partial charge in [-0.15, -0.1) is 5.10 Å². The van der Waals surface area contributed by atoms with E-state index in [-0.39, 0.29) is 6.04 Å². The number of rotatable bonds is 2. The Kier molecular flexibility index (Phi) is 3.04. The predicted octanol–water partition coefficient (Wildman–Crippen LogP) is 3.50. The van der Waals surface area contributed by atoms with E-state index >= 15 is 0 Å². The van der Waals surface area contributed by atoms with Crippen LogP contribution in [0, 0.1) is 6.92 Å². The summed E-state index contributed by atoms with van der Waals surface area (Å²) in [5.41, 5.74) is 3.32. The van der Waals surface area contributed by atoms with Crippen LogP contribution in [0.25, 0.3) is 0 Å². The summed E-state index contributed by atoms with van der Waals surface area (Å²) in [6.45, 7) is 3.87. The quantitative estimate of drug-likeness (QED) is 0.843. The van der Waals surface area contributed by atoms with E-state index in [1.165, 1.54) is 5.69 Å². The molecule has 1 aliphatic rings. The minimum absolute atomic E-state index is 0.211. The van der Waals surface area contributed by atoms with Crippen molar-refractivity contribution in [1.29, 1.82) is 0 Å². The maximum absolute atomic E-state index is 6.06. The van der Waals surface area contributed by atoms with Crippen molar-refractivity contribution in [3.05, 3.63) is 52.1 Å². The molecule has 1 aliphatic heterocycles. The highest BCUT2D eigenvalue weighted by Gasteiger charge is 2.27. The molecule has 0 saturated heterocycles. The second-order valence-corrected chi connectivity index (χ2v) is 5.22. The molecular weight excluding hydrogens is 269 g/mol. The lowest BCUT2D eigenvalue weighted by Crippen LogP contribution is -2.07. The summed E-state index contributed by atoms with van der Waals surface area (Å²) in [6, 6.07) is 5.95. The molecule has 93 valence electrons. The van der Waals surface area contributed by atoms with Gasteiger partial charge in [-0.25, -0.2) is 4.68 Å². The van der Waals surface area contributed by atoms with Crippen molar-refractivity contribution in [2.24, 2.45) is 0 Å². The summed E-state index contributed by atoms with van der Waals surface area (Å²) in [6.07, 6.45) is 2.70.